The first-order valence-electron chi connectivity index (χ1n) is 8.32. The molecule has 2 aromatic carbocycles. The Labute approximate surface area is 151 Å². The Morgan fingerprint density at radius 3 is 2.72 bits per heavy atom. The third-order valence-electron chi connectivity index (χ3n) is 3.73. The van der Waals surface area contributed by atoms with Gasteiger partial charge in [0.25, 0.3) is 0 Å². The lowest BCUT2D eigenvalue weighted by molar-refractivity contribution is -0.113. The number of aryl methyl sites for hydroxylation is 1. The van der Waals surface area contributed by atoms with Gasteiger partial charge in [0.15, 0.2) is 5.16 Å². The normalized spacial score (nSPS) is 10.8. The average Bonchev–Trinajstić information content (AvgIpc) is 3.03. The molecule has 0 atom stereocenters. The van der Waals surface area contributed by atoms with Crippen LogP contribution in [0.3, 0.4) is 0 Å². The molecule has 0 spiro atoms. The standard InChI is InChI=1S/C19H21N3O2S/c1-3-13-5-7-14(8-6-13)20-18(23)12-25-19-21-16-10-9-15(24-4-2)11-17(16)22-19/h5-11H,3-4,12H2,1-2H3,(H,20,23)(H,21,22). The number of hydrogen-bond acceptors (Lipinski definition) is 4. The lowest BCUT2D eigenvalue weighted by Crippen LogP contribution is -2.14. The molecule has 5 nitrogen and oxygen atoms in total. The summed E-state index contributed by atoms with van der Waals surface area (Å²) in [6.07, 6.45) is 0.987. The third-order valence-corrected chi connectivity index (χ3v) is 4.60. The van der Waals surface area contributed by atoms with Gasteiger partial charge in [0.1, 0.15) is 5.75 Å². The van der Waals surface area contributed by atoms with Crippen molar-refractivity contribution in [3.05, 3.63) is 48.0 Å². The molecule has 3 aromatic rings. The summed E-state index contributed by atoms with van der Waals surface area (Å²) < 4.78 is 5.49. The summed E-state index contributed by atoms with van der Waals surface area (Å²) >= 11 is 1.38. The second kappa shape index (κ2) is 8.07. The first-order chi connectivity index (χ1) is 12.2. The molecule has 0 aliphatic rings. The number of aromatic amines is 1. The Bertz CT molecular complexity index is 859. The number of carbonyl (C=O) groups excluding carboxylic acids is 1. The predicted molar refractivity (Wildman–Crippen MR) is 102 cm³/mol. The number of hydrogen-bond donors (Lipinski definition) is 2. The number of rotatable bonds is 7. The highest BCUT2D eigenvalue weighted by molar-refractivity contribution is 7.99. The lowest BCUT2D eigenvalue weighted by atomic mass is 10.1. The van der Waals surface area contributed by atoms with Crippen molar-refractivity contribution in [2.24, 2.45) is 0 Å². The van der Waals surface area contributed by atoms with E-state index in [1.807, 2.05) is 49.4 Å². The number of carbonyl (C=O) groups is 1. The molecule has 0 unspecified atom stereocenters. The van der Waals surface area contributed by atoms with Crippen molar-refractivity contribution in [2.45, 2.75) is 25.4 Å². The van der Waals surface area contributed by atoms with Gasteiger partial charge < -0.3 is 15.0 Å². The first-order valence-corrected chi connectivity index (χ1v) is 9.30. The highest BCUT2D eigenvalue weighted by Crippen LogP contribution is 2.23. The van der Waals surface area contributed by atoms with Crippen LogP contribution in [0.5, 0.6) is 5.75 Å². The number of ether oxygens (including phenoxy) is 1. The molecular weight excluding hydrogens is 334 g/mol. The highest BCUT2D eigenvalue weighted by atomic mass is 32.2. The van der Waals surface area contributed by atoms with E-state index in [4.69, 9.17) is 4.74 Å². The van der Waals surface area contributed by atoms with Gasteiger partial charge in [0.05, 0.1) is 23.4 Å². The molecule has 1 aromatic heterocycles. The fraction of sp³-hybridized carbons (Fsp3) is 0.263. The van der Waals surface area contributed by atoms with Crippen LogP contribution in [0.1, 0.15) is 19.4 Å². The zero-order valence-electron chi connectivity index (χ0n) is 14.3. The number of fused-ring (bicyclic) bond motifs is 1. The predicted octanol–water partition coefficient (Wildman–Crippen LogP) is 4.25. The van der Waals surface area contributed by atoms with Gasteiger partial charge in [-0.1, -0.05) is 30.8 Å². The van der Waals surface area contributed by atoms with Gasteiger partial charge in [-0.3, -0.25) is 4.79 Å². The number of anilines is 1. The summed E-state index contributed by atoms with van der Waals surface area (Å²) in [6, 6.07) is 13.6. The van der Waals surface area contributed by atoms with Crippen molar-refractivity contribution in [2.75, 3.05) is 17.7 Å². The number of thioether (sulfide) groups is 1. The first kappa shape index (κ1) is 17.4. The van der Waals surface area contributed by atoms with Crippen molar-refractivity contribution in [1.82, 2.24) is 9.97 Å². The molecule has 6 heteroatoms. The summed E-state index contributed by atoms with van der Waals surface area (Å²) in [5.41, 5.74) is 3.83. The summed E-state index contributed by atoms with van der Waals surface area (Å²) in [7, 11) is 0. The average molecular weight is 355 g/mol. The van der Waals surface area contributed by atoms with Crippen LogP contribution in [-0.2, 0) is 11.2 Å². The second-order valence-electron chi connectivity index (χ2n) is 5.54. The van der Waals surface area contributed by atoms with Crippen LogP contribution < -0.4 is 10.1 Å². The minimum atomic E-state index is -0.0512. The van der Waals surface area contributed by atoms with Crippen molar-refractivity contribution < 1.29 is 9.53 Å². The maximum atomic E-state index is 12.1. The van der Waals surface area contributed by atoms with E-state index in [0.29, 0.717) is 12.4 Å². The number of amides is 1. The Balaban J connectivity index is 1.58. The van der Waals surface area contributed by atoms with Crippen molar-refractivity contribution in [1.29, 1.82) is 0 Å². The minimum Gasteiger partial charge on any atom is -0.494 e. The zero-order valence-corrected chi connectivity index (χ0v) is 15.2. The van der Waals surface area contributed by atoms with E-state index in [-0.39, 0.29) is 5.91 Å². The van der Waals surface area contributed by atoms with E-state index in [1.54, 1.807) is 0 Å². The molecule has 25 heavy (non-hydrogen) atoms. The Morgan fingerprint density at radius 1 is 1.20 bits per heavy atom. The summed E-state index contributed by atoms with van der Waals surface area (Å²) in [4.78, 5) is 19.8. The number of aromatic nitrogens is 2. The van der Waals surface area contributed by atoms with Gasteiger partial charge in [0.2, 0.25) is 5.91 Å². The summed E-state index contributed by atoms with van der Waals surface area (Å²) in [5.74, 6) is 1.06. The van der Waals surface area contributed by atoms with Crippen LogP contribution in [-0.4, -0.2) is 28.2 Å². The summed E-state index contributed by atoms with van der Waals surface area (Å²) in [5, 5.41) is 3.62. The molecule has 1 amide bonds. The van der Waals surface area contributed by atoms with Crippen LogP contribution in [0.15, 0.2) is 47.6 Å². The van der Waals surface area contributed by atoms with Gasteiger partial charge in [0, 0.05) is 11.8 Å². The quantitative estimate of drug-likeness (QED) is 0.622. The monoisotopic (exact) mass is 355 g/mol. The molecule has 0 saturated heterocycles. The van der Waals surface area contributed by atoms with E-state index in [2.05, 4.69) is 22.2 Å². The fourth-order valence-corrected chi connectivity index (χ4v) is 3.13. The molecular formula is C19H21N3O2S. The molecule has 1 heterocycles. The number of nitrogens with zero attached hydrogens (tertiary/aromatic N) is 1. The molecule has 0 radical (unpaired) electrons. The molecule has 2 N–H and O–H groups in total. The molecule has 0 aliphatic heterocycles. The topological polar surface area (TPSA) is 67.0 Å². The molecule has 0 bridgehead atoms. The lowest BCUT2D eigenvalue weighted by Gasteiger charge is -2.05. The molecule has 0 saturated carbocycles. The van der Waals surface area contributed by atoms with Crippen LogP contribution >= 0.6 is 11.8 Å². The molecule has 0 fully saturated rings. The minimum absolute atomic E-state index is 0.0512. The SMILES string of the molecule is CCOc1ccc2nc(SCC(=O)Nc3ccc(CC)cc3)[nH]c2c1. The smallest absolute Gasteiger partial charge is 0.234 e. The van der Waals surface area contributed by atoms with Crippen LogP contribution in [0.25, 0.3) is 11.0 Å². The van der Waals surface area contributed by atoms with E-state index < -0.39 is 0 Å². The van der Waals surface area contributed by atoms with Crippen LogP contribution in [0, 0.1) is 0 Å². The van der Waals surface area contributed by atoms with E-state index in [1.165, 1.54) is 17.3 Å². The molecule has 3 rings (SSSR count). The highest BCUT2D eigenvalue weighted by Gasteiger charge is 2.08. The number of nitrogens with one attached hydrogen (secondary N) is 2. The third kappa shape index (κ3) is 4.54. The maximum Gasteiger partial charge on any atom is 0.234 e. The van der Waals surface area contributed by atoms with E-state index in [0.717, 1.165) is 34.0 Å². The van der Waals surface area contributed by atoms with Gasteiger partial charge in [-0.25, -0.2) is 4.98 Å². The summed E-state index contributed by atoms with van der Waals surface area (Å²) in [6.45, 7) is 4.68. The number of imidazole rings is 1. The van der Waals surface area contributed by atoms with Crippen LogP contribution in [0.2, 0.25) is 0 Å². The zero-order chi connectivity index (χ0) is 17.6. The molecule has 0 aliphatic carbocycles. The Morgan fingerprint density at radius 2 is 2.00 bits per heavy atom. The number of benzene rings is 2. The van der Waals surface area contributed by atoms with Gasteiger partial charge in [-0.2, -0.15) is 0 Å². The Hall–Kier alpha value is -2.47. The van der Waals surface area contributed by atoms with E-state index >= 15 is 0 Å². The fourth-order valence-electron chi connectivity index (χ4n) is 2.44. The van der Waals surface area contributed by atoms with Crippen molar-refractivity contribution in [3.8, 4) is 5.75 Å². The van der Waals surface area contributed by atoms with Crippen LogP contribution in [0.4, 0.5) is 5.69 Å². The largest absolute Gasteiger partial charge is 0.494 e. The van der Waals surface area contributed by atoms with Gasteiger partial charge >= 0.3 is 0 Å². The van der Waals surface area contributed by atoms with Crippen molar-refractivity contribution in [3.63, 3.8) is 0 Å². The van der Waals surface area contributed by atoms with Gasteiger partial charge in [-0.15, -0.1) is 0 Å². The molecule has 130 valence electrons. The van der Waals surface area contributed by atoms with Crippen molar-refractivity contribution >= 4 is 34.4 Å². The second-order valence-corrected chi connectivity index (χ2v) is 6.51. The maximum absolute atomic E-state index is 12.1. The number of H-pyrrole nitrogens is 1. The van der Waals surface area contributed by atoms with E-state index in [9.17, 15) is 4.79 Å². The Kier molecular flexibility index (Phi) is 5.60. The van der Waals surface area contributed by atoms with Gasteiger partial charge in [-0.05, 0) is 43.2 Å².